The van der Waals surface area contributed by atoms with Gasteiger partial charge in [0.25, 0.3) is 5.91 Å². The van der Waals surface area contributed by atoms with Crippen LogP contribution in [-0.4, -0.2) is 41.0 Å². The number of piperidine rings is 1. The predicted octanol–water partition coefficient (Wildman–Crippen LogP) is 1.88. The normalized spacial score (nSPS) is 22.0. The minimum atomic E-state index is -0.140. The van der Waals surface area contributed by atoms with E-state index in [0.717, 1.165) is 12.8 Å². The van der Waals surface area contributed by atoms with Crippen molar-refractivity contribution in [3.05, 3.63) is 29.8 Å². The summed E-state index contributed by atoms with van der Waals surface area (Å²) >= 11 is 0. The van der Waals surface area contributed by atoms with Gasteiger partial charge in [0.05, 0.1) is 12.6 Å². The molecule has 5 nitrogen and oxygen atoms in total. The van der Waals surface area contributed by atoms with E-state index >= 15 is 0 Å². The first-order chi connectivity index (χ1) is 10.0. The SMILES string of the molecule is CC(=O)Nc1ccc(C(=O)N2CCCC(C)C2CO)cc1. The van der Waals surface area contributed by atoms with Crippen LogP contribution in [0.15, 0.2) is 24.3 Å². The Balaban J connectivity index is 2.13. The zero-order valence-corrected chi connectivity index (χ0v) is 12.5. The highest BCUT2D eigenvalue weighted by Crippen LogP contribution is 2.25. The average molecular weight is 290 g/mol. The van der Waals surface area contributed by atoms with Crippen molar-refractivity contribution in [1.82, 2.24) is 4.90 Å². The molecular weight excluding hydrogens is 268 g/mol. The van der Waals surface area contributed by atoms with Crippen LogP contribution in [0, 0.1) is 5.92 Å². The summed E-state index contributed by atoms with van der Waals surface area (Å²) in [6.07, 6.45) is 2.00. The van der Waals surface area contributed by atoms with Crippen molar-refractivity contribution in [3.8, 4) is 0 Å². The average Bonchev–Trinajstić information content (AvgIpc) is 2.46. The number of anilines is 1. The van der Waals surface area contributed by atoms with Crippen LogP contribution in [0.3, 0.4) is 0 Å². The number of rotatable bonds is 3. The van der Waals surface area contributed by atoms with Gasteiger partial charge in [0.2, 0.25) is 5.91 Å². The first-order valence-electron chi connectivity index (χ1n) is 7.32. The molecule has 0 spiro atoms. The van der Waals surface area contributed by atoms with Crippen LogP contribution < -0.4 is 5.32 Å². The molecule has 0 saturated carbocycles. The largest absolute Gasteiger partial charge is 0.394 e. The van der Waals surface area contributed by atoms with Gasteiger partial charge in [-0.25, -0.2) is 0 Å². The van der Waals surface area contributed by atoms with Crippen LogP contribution in [0.25, 0.3) is 0 Å². The number of carbonyl (C=O) groups is 2. The van der Waals surface area contributed by atoms with Gasteiger partial charge in [-0.15, -0.1) is 0 Å². The van der Waals surface area contributed by atoms with Gasteiger partial charge in [-0.2, -0.15) is 0 Å². The fourth-order valence-corrected chi connectivity index (χ4v) is 2.84. The van der Waals surface area contributed by atoms with Crippen molar-refractivity contribution in [3.63, 3.8) is 0 Å². The maximum Gasteiger partial charge on any atom is 0.254 e. The molecule has 1 aliphatic heterocycles. The molecule has 2 atom stereocenters. The van der Waals surface area contributed by atoms with Crippen molar-refractivity contribution < 1.29 is 14.7 Å². The van der Waals surface area contributed by atoms with Crippen LogP contribution in [0.5, 0.6) is 0 Å². The van der Waals surface area contributed by atoms with Gasteiger partial charge in [0.1, 0.15) is 0 Å². The second-order valence-corrected chi connectivity index (χ2v) is 5.63. The molecule has 114 valence electrons. The highest BCUT2D eigenvalue weighted by atomic mass is 16.3. The second kappa shape index (κ2) is 6.72. The second-order valence-electron chi connectivity index (χ2n) is 5.63. The lowest BCUT2D eigenvalue weighted by Crippen LogP contribution is -2.49. The van der Waals surface area contributed by atoms with E-state index < -0.39 is 0 Å². The van der Waals surface area contributed by atoms with Gasteiger partial charge in [-0.05, 0) is 43.0 Å². The Kier molecular flexibility index (Phi) is 4.96. The molecule has 5 heteroatoms. The zero-order valence-electron chi connectivity index (χ0n) is 12.5. The number of benzene rings is 1. The van der Waals surface area contributed by atoms with E-state index in [9.17, 15) is 14.7 Å². The van der Waals surface area contributed by atoms with E-state index in [2.05, 4.69) is 12.2 Å². The molecule has 2 N–H and O–H groups in total. The first kappa shape index (κ1) is 15.5. The summed E-state index contributed by atoms with van der Waals surface area (Å²) in [4.78, 5) is 25.3. The summed E-state index contributed by atoms with van der Waals surface area (Å²) in [5.41, 5.74) is 1.25. The van der Waals surface area contributed by atoms with E-state index in [0.29, 0.717) is 23.7 Å². The van der Waals surface area contributed by atoms with E-state index in [1.165, 1.54) is 6.92 Å². The molecule has 2 amide bonds. The maximum atomic E-state index is 12.6. The Labute approximate surface area is 125 Å². The van der Waals surface area contributed by atoms with E-state index in [4.69, 9.17) is 0 Å². The van der Waals surface area contributed by atoms with Crippen LogP contribution in [0.1, 0.15) is 37.0 Å². The summed E-state index contributed by atoms with van der Waals surface area (Å²) < 4.78 is 0. The summed E-state index contributed by atoms with van der Waals surface area (Å²) in [6.45, 7) is 4.19. The number of likely N-dealkylation sites (tertiary alicyclic amines) is 1. The van der Waals surface area contributed by atoms with Gasteiger partial charge < -0.3 is 15.3 Å². The lowest BCUT2D eigenvalue weighted by Gasteiger charge is -2.39. The van der Waals surface area contributed by atoms with E-state index in [1.807, 2.05) is 0 Å². The van der Waals surface area contributed by atoms with Crippen LogP contribution in [0.4, 0.5) is 5.69 Å². The fourth-order valence-electron chi connectivity index (χ4n) is 2.84. The number of nitrogens with one attached hydrogen (secondary N) is 1. The van der Waals surface area contributed by atoms with Gasteiger partial charge in [-0.3, -0.25) is 9.59 Å². The molecule has 2 rings (SSSR count). The Bertz CT molecular complexity index is 513. The lowest BCUT2D eigenvalue weighted by molar-refractivity contribution is -0.114. The molecule has 21 heavy (non-hydrogen) atoms. The summed E-state index contributed by atoms with van der Waals surface area (Å²) in [7, 11) is 0. The molecule has 0 radical (unpaired) electrons. The van der Waals surface area contributed by atoms with Gasteiger partial charge in [0, 0.05) is 24.7 Å². The maximum absolute atomic E-state index is 12.6. The van der Waals surface area contributed by atoms with Crippen molar-refractivity contribution in [2.75, 3.05) is 18.5 Å². The van der Waals surface area contributed by atoms with Gasteiger partial charge in [0.15, 0.2) is 0 Å². The van der Waals surface area contributed by atoms with E-state index in [1.54, 1.807) is 29.2 Å². The van der Waals surface area contributed by atoms with E-state index in [-0.39, 0.29) is 24.5 Å². The third kappa shape index (κ3) is 3.61. The number of aliphatic hydroxyl groups excluding tert-OH is 1. The molecule has 2 unspecified atom stereocenters. The molecule has 1 aromatic carbocycles. The number of hydrogen-bond acceptors (Lipinski definition) is 3. The third-order valence-corrected chi connectivity index (χ3v) is 4.02. The van der Waals surface area contributed by atoms with Crippen molar-refractivity contribution >= 4 is 17.5 Å². The molecule has 1 aromatic rings. The minimum Gasteiger partial charge on any atom is -0.394 e. The highest BCUT2D eigenvalue weighted by Gasteiger charge is 2.31. The van der Waals surface area contributed by atoms with Crippen LogP contribution in [-0.2, 0) is 4.79 Å². The van der Waals surface area contributed by atoms with Crippen molar-refractivity contribution in [2.45, 2.75) is 32.7 Å². The Morgan fingerprint density at radius 3 is 2.57 bits per heavy atom. The summed E-state index contributed by atoms with van der Waals surface area (Å²) in [5, 5.41) is 12.2. The molecule has 1 aliphatic rings. The Hall–Kier alpha value is -1.88. The fraction of sp³-hybridized carbons (Fsp3) is 0.500. The number of aliphatic hydroxyl groups is 1. The van der Waals surface area contributed by atoms with Crippen LogP contribution >= 0.6 is 0 Å². The molecule has 0 aromatic heterocycles. The Morgan fingerprint density at radius 2 is 2.00 bits per heavy atom. The van der Waals surface area contributed by atoms with Crippen LogP contribution in [0.2, 0.25) is 0 Å². The summed E-state index contributed by atoms with van der Waals surface area (Å²) in [5.74, 6) is 0.112. The van der Waals surface area contributed by atoms with Gasteiger partial charge in [-0.1, -0.05) is 6.92 Å². The molecule has 1 saturated heterocycles. The minimum absolute atomic E-state index is 0.00309. The standard InChI is InChI=1S/C16H22N2O3/c1-11-4-3-9-18(15(11)10-19)16(21)13-5-7-14(8-6-13)17-12(2)20/h5-8,11,15,19H,3-4,9-10H2,1-2H3,(H,17,20). The summed E-state index contributed by atoms with van der Waals surface area (Å²) in [6, 6.07) is 6.75. The first-order valence-corrected chi connectivity index (χ1v) is 7.32. The monoisotopic (exact) mass is 290 g/mol. The Morgan fingerprint density at radius 1 is 1.33 bits per heavy atom. The molecule has 1 fully saturated rings. The smallest absolute Gasteiger partial charge is 0.254 e. The topological polar surface area (TPSA) is 69.6 Å². The molecule has 0 aliphatic carbocycles. The number of amides is 2. The molecule has 1 heterocycles. The third-order valence-electron chi connectivity index (χ3n) is 4.02. The predicted molar refractivity (Wildman–Crippen MR) is 81.1 cm³/mol. The zero-order chi connectivity index (χ0) is 15.4. The highest BCUT2D eigenvalue weighted by molar-refractivity contribution is 5.95. The lowest BCUT2D eigenvalue weighted by atomic mass is 9.90. The van der Waals surface area contributed by atoms with Crippen molar-refractivity contribution in [1.29, 1.82) is 0 Å². The van der Waals surface area contributed by atoms with Crippen molar-refractivity contribution in [2.24, 2.45) is 5.92 Å². The molecular formula is C16H22N2O3. The molecule has 0 bridgehead atoms. The number of hydrogen-bond donors (Lipinski definition) is 2. The number of carbonyl (C=O) groups excluding carboxylic acids is 2. The quantitative estimate of drug-likeness (QED) is 0.893. The van der Waals surface area contributed by atoms with Gasteiger partial charge >= 0.3 is 0 Å². The number of nitrogens with zero attached hydrogens (tertiary/aromatic N) is 1.